The number of carbonyl (C=O) groups excluding carboxylic acids is 1. The molecular formula is C13H17F3N2O. The third-order valence-corrected chi connectivity index (χ3v) is 2.59. The monoisotopic (exact) mass is 274 g/mol. The Bertz CT molecular complexity index is 415. The van der Waals surface area contributed by atoms with Gasteiger partial charge in [0.05, 0.1) is 6.04 Å². The van der Waals surface area contributed by atoms with E-state index in [0.29, 0.717) is 6.54 Å². The largest absolute Gasteiger partial charge is 0.405 e. The predicted octanol–water partition coefficient (Wildman–Crippen LogP) is 2.15. The average molecular weight is 274 g/mol. The maximum absolute atomic E-state index is 11.9. The van der Waals surface area contributed by atoms with Gasteiger partial charge in [0, 0.05) is 6.54 Å². The van der Waals surface area contributed by atoms with Gasteiger partial charge in [-0.3, -0.25) is 4.79 Å². The quantitative estimate of drug-likeness (QED) is 0.864. The van der Waals surface area contributed by atoms with Crippen LogP contribution in [0, 0.1) is 6.92 Å². The predicted molar refractivity (Wildman–Crippen MR) is 66.5 cm³/mol. The number of nitrogens with one attached hydrogen (secondary N) is 2. The van der Waals surface area contributed by atoms with Gasteiger partial charge in [0.25, 0.3) is 0 Å². The average Bonchev–Trinajstić information content (AvgIpc) is 2.34. The molecule has 0 saturated heterocycles. The molecular weight excluding hydrogens is 257 g/mol. The highest BCUT2D eigenvalue weighted by Gasteiger charge is 2.28. The fraction of sp³-hybridized carbons (Fsp3) is 0.462. The molecule has 1 atom stereocenters. The van der Waals surface area contributed by atoms with Gasteiger partial charge in [-0.15, -0.1) is 0 Å². The van der Waals surface area contributed by atoms with Gasteiger partial charge in [0.2, 0.25) is 5.91 Å². The summed E-state index contributed by atoms with van der Waals surface area (Å²) in [6.07, 6.45) is -4.38. The standard InChI is InChI=1S/C13H17F3N2O/c1-9-3-5-11(6-4-9)7-17-10(2)12(19)18-8-13(14,15)16/h3-6,10,17H,7-8H2,1-2H3,(H,18,19). The van der Waals surface area contributed by atoms with Crippen LogP contribution in [0.3, 0.4) is 0 Å². The first-order valence-corrected chi connectivity index (χ1v) is 5.91. The highest BCUT2D eigenvalue weighted by atomic mass is 19.4. The van der Waals surface area contributed by atoms with Gasteiger partial charge < -0.3 is 10.6 Å². The number of rotatable bonds is 5. The summed E-state index contributed by atoms with van der Waals surface area (Å²) in [7, 11) is 0. The van der Waals surface area contributed by atoms with Gasteiger partial charge >= 0.3 is 6.18 Å². The molecule has 0 aliphatic heterocycles. The van der Waals surface area contributed by atoms with Crippen LogP contribution >= 0.6 is 0 Å². The smallest absolute Gasteiger partial charge is 0.346 e. The minimum absolute atomic E-state index is 0.431. The Morgan fingerprint density at radius 3 is 2.37 bits per heavy atom. The molecule has 3 nitrogen and oxygen atoms in total. The van der Waals surface area contributed by atoms with E-state index in [1.165, 1.54) is 6.92 Å². The normalized spacial score (nSPS) is 13.1. The van der Waals surface area contributed by atoms with Gasteiger partial charge in [0.15, 0.2) is 0 Å². The van der Waals surface area contributed by atoms with E-state index in [-0.39, 0.29) is 0 Å². The van der Waals surface area contributed by atoms with Crippen LogP contribution in [0.4, 0.5) is 13.2 Å². The zero-order valence-corrected chi connectivity index (χ0v) is 10.8. The number of halogens is 3. The second kappa shape index (κ2) is 6.56. The molecule has 1 amide bonds. The molecule has 2 N–H and O–H groups in total. The van der Waals surface area contributed by atoms with Crippen LogP contribution in [0.25, 0.3) is 0 Å². The molecule has 0 saturated carbocycles. The minimum Gasteiger partial charge on any atom is -0.346 e. The summed E-state index contributed by atoms with van der Waals surface area (Å²) in [5.74, 6) is -0.663. The van der Waals surface area contributed by atoms with Crippen molar-refractivity contribution in [2.75, 3.05) is 6.54 Å². The first-order valence-electron chi connectivity index (χ1n) is 5.91. The van der Waals surface area contributed by atoms with Gasteiger partial charge in [-0.2, -0.15) is 13.2 Å². The number of carbonyl (C=O) groups is 1. The van der Waals surface area contributed by atoms with Crippen LogP contribution in [0.2, 0.25) is 0 Å². The molecule has 6 heteroatoms. The van der Waals surface area contributed by atoms with Crippen molar-refractivity contribution in [1.29, 1.82) is 0 Å². The van der Waals surface area contributed by atoms with Crippen LogP contribution in [-0.4, -0.2) is 24.7 Å². The van der Waals surface area contributed by atoms with Crippen molar-refractivity contribution < 1.29 is 18.0 Å². The molecule has 0 heterocycles. The van der Waals surface area contributed by atoms with Crippen LogP contribution in [0.5, 0.6) is 0 Å². The van der Waals surface area contributed by atoms with Crippen molar-refractivity contribution in [3.8, 4) is 0 Å². The molecule has 0 aliphatic rings. The Balaban J connectivity index is 2.36. The molecule has 0 radical (unpaired) electrons. The van der Waals surface area contributed by atoms with Crippen LogP contribution in [0.1, 0.15) is 18.1 Å². The Morgan fingerprint density at radius 1 is 1.26 bits per heavy atom. The number of benzene rings is 1. The van der Waals surface area contributed by atoms with Gasteiger partial charge in [-0.25, -0.2) is 0 Å². The third kappa shape index (κ3) is 6.24. The summed E-state index contributed by atoms with van der Waals surface area (Å²) in [6.45, 7) is 2.62. The summed E-state index contributed by atoms with van der Waals surface area (Å²) >= 11 is 0. The first-order chi connectivity index (χ1) is 8.78. The lowest BCUT2D eigenvalue weighted by molar-refractivity contribution is -0.139. The molecule has 1 unspecified atom stereocenters. The maximum Gasteiger partial charge on any atom is 0.405 e. The van der Waals surface area contributed by atoms with Crippen LogP contribution in [-0.2, 0) is 11.3 Å². The molecule has 1 aromatic rings. The van der Waals surface area contributed by atoms with Crippen LogP contribution in [0.15, 0.2) is 24.3 Å². The van der Waals surface area contributed by atoms with Crippen molar-refractivity contribution in [3.05, 3.63) is 35.4 Å². The van der Waals surface area contributed by atoms with E-state index >= 15 is 0 Å². The zero-order valence-electron chi connectivity index (χ0n) is 10.8. The molecule has 1 rings (SSSR count). The van der Waals surface area contributed by atoms with E-state index < -0.39 is 24.7 Å². The Labute approximate surface area is 110 Å². The molecule has 0 spiro atoms. The van der Waals surface area contributed by atoms with E-state index in [9.17, 15) is 18.0 Å². The van der Waals surface area contributed by atoms with Crippen molar-refractivity contribution in [2.45, 2.75) is 32.6 Å². The summed E-state index contributed by atoms with van der Waals surface area (Å²) in [4.78, 5) is 11.4. The molecule has 106 valence electrons. The Hall–Kier alpha value is -1.56. The van der Waals surface area contributed by atoms with Crippen molar-refractivity contribution in [1.82, 2.24) is 10.6 Å². The topological polar surface area (TPSA) is 41.1 Å². The van der Waals surface area contributed by atoms with E-state index in [4.69, 9.17) is 0 Å². The number of aryl methyl sites for hydroxylation is 1. The SMILES string of the molecule is Cc1ccc(CNC(C)C(=O)NCC(F)(F)F)cc1. The summed E-state index contributed by atoms with van der Waals surface area (Å²) < 4.78 is 35.8. The molecule has 1 aromatic carbocycles. The lowest BCUT2D eigenvalue weighted by Gasteiger charge is -2.15. The molecule has 0 aromatic heterocycles. The lowest BCUT2D eigenvalue weighted by atomic mass is 10.1. The van der Waals surface area contributed by atoms with Crippen molar-refractivity contribution >= 4 is 5.91 Å². The van der Waals surface area contributed by atoms with E-state index in [0.717, 1.165) is 11.1 Å². The zero-order chi connectivity index (χ0) is 14.5. The molecule has 0 aliphatic carbocycles. The van der Waals surface area contributed by atoms with Crippen LogP contribution < -0.4 is 10.6 Å². The number of amides is 1. The van der Waals surface area contributed by atoms with E-state index in [1.807, 2.05) is 36.5 Å². The molecule has 19 heavy (non-hydrogen) atoms. The van der Waals surface area contributed by atoms with Crippen molar-refractivity contribution in [2.24, 2.45) is 0 Å². The van der Waals surface area contributed by atoms with Crippen molar-refractivity contribution in [3.63, 3.8) is 0 Å². The third-order valence-electron chi connectivity index (χ3n) is 2.59. The van der Waals surface area contributed by atoms with Gasteiger partial charge in [-0.05, 0) is 19.4 Å². The first kappa shape index (κ1) is 15.5. The lowest BCUT2D eigenvalue weighted by Crippen LogP contribution is -2.44. The maximum atomic E-state index is 11.9. The number of hydrogen-bond donors (Lipinski definition) is 2. The molecule has 0 bridgehead atoms. The van der Waals surface area contributed by atoms with E-state index in [1.54, 1.807) is 0 Å². The summed E-state index contributed by atoms with van der Waals surface area (Å²) in [5.41, 5.74) is 2.10. The Morgan fingerprint density at radius 2 is 1.84 bits per heavy atom. The minimum atomic E-state index is -4.38. The second-order valence-corrected chi connectivity index (χ2v) is 4.42. The second-order valence-electron chi connectivity index (χ2n) is 4.42. The highest BCUT2D eigenvalue weighted by Crippen LogP contribution is 2.12. The molecule has 0 fully saturated rings. The van der Waals surface area contributed by atoms with E-state index in [2.05, 4.69) is 5.32 Å². The fourth-order valence-electron chi connectivity index (χ4n) is 1.41. The highest BCUT2D eigenvalue weighted by molar-refractivity contribution is 5.81. The summed E-state index contributed by atoms with van der Waals surface area (Å²) in [5, 5.41) is 4.72. The number of hydrogen-bond acceptors (Lipinski definition) is 2. The summed E-state index contributed by atoms with van der Waals surface area (Å²) in [6, 6.07) is 7.01. The number of alkyl halides is 3. The Kier molecular flexibility index (Phi) is 5.35. The van der Waals surface area contributed by atoms with Gasteiger partial charge in [-0.1, -0.05) is 29.8 Å². The van der Waals surface area contributed by atoms with Gasteiger partial charge in [0.1, 0.15) is 6.54 Å². The fourth-order valence-corrected chi connectivity index (χ4v) is 1.41.